The molecule has 0 aliphatic carbocycles. The van der Waals surface area contributed by atoms with Crippen LogP contribution in [0.2, 0.25) is 0 Å². The van der Waals surface area contributed by atoms with E-state index in [1.807, 2.05) is 0 Å². The molecule has 1 amide bonds. The number of anilines is 1. The molecule has 0 spiro atoms. The van der Waals surface area contributed by atoms with E-state index in [-0.39, 0.29) is 11.8 Å². The van der Waals surface area contributed by atoms with Crippen LogP contribution in [0, 0.1) is 0 Å². The fourth-order valence-electron chi connectivity index (χ4n) is 3.61. The Hall–Kier alpha value is -2.30. The maximum Gasteiger partial charge on any atom is 0.487 e. The Labute approximate surface area is 206 Å². The Balaban J connectivity index is 2.55. The Bertz CT molecular complexity index is 888. The summed E-state index contributed by atoms with van der Waals surface area (Å²) in [7, 11) is 1.51. The van der Waals surface area contributed by atoms with Gasteiger partial charge >= 0.3 is 5.57 Å². The molecule has 188 valence electrons. The zero-order chi connectivity index (χ0) is 25.4. The highest BCUT2D eigenvalue weighted by Crippen LogP contribution is 2.34. The zero-order valence-corrected chi connectivity index (χ0v) is 20.3. The number of ether oxygens (including phenoxy) is 2. The molecular formula is C22H27Cl2F3N4O3. The van der Waals surface area contributed by atoms with Gasteiger partial charge in [0.2, 0.25) is 0 Å². The van der Waals surface area contributed by atoms with Crippen molar-refractivity contribution in [3.8, 4) is 5.75 Å². The van der Waals surface area contributed by atoms with Crippen LogP contribution in [0.3, 0.4) is 0 Å². The lowest BCUT2D eigenvalue weighted by molar-refractivity contribution is -0.125. The van der Waals surface area contributed by atoms with Gasteiger partial charge in [0, 0.05) is 61.6 Å². The standard InChI is InChI=1S/C22H27Cl2F3N4O3/c1-21(15(12-28-2)13-29-3,20(32)30-16-8-10-33-11-9-16)31(14-19(23)25)17-4-6-18(7-5-17)34-22(24,26)27/h4-7,12-13,16,19H,2,8-11,14H2,1,3H3,(H,30,32)/b15-12+,29-13?/t19-,21-/m0/s1. The summed E-state index contributed by atoms with van der Waals surface area (Å²) in [4.78, 5) is 22.9. The monoisotopic (exact) mass is 522 g/mol. The first-order valence-electron chi connectivity index (χ1n) is 10.4. The second kappa shape index (κ2) is 12.4. The van der Waals surface area contributed by atoms with E-state index in [1.165, 1.54) is 48.6 Å². The van der Waals surface area contributed by atoms with Gasteiger partial charge in [0.05, 0.1) is 6.54 Å². The van der Waals surface area contributed by atoms with E-state index >= 15 is 0 Å². The van der Waals surface area contributed by atoms with Gasteiger partial charge in [0.1, 0.15) is 11.3 Å². The number of nitrogens with one attached hydrogen (secondary N) is 1. The molecule has 7 nitrogen and oxygen atoms in total. The van der Waals surface area contributed by atoms with Crippen LogP contribution >= 0.6 is 23.2 Å². The first-order chi connectivity index (χ1) is 16.0. The van der Waals surface area contributed by atoms with Crippen LogP contribution in [0.15, 0.2) is 46.0 Å². The van der Waals surface area contributed by atoms with E-state index in [0.29, 0.717) is 37.3 Å². The molecule has 2 atom stereocenters. The first-order valence-corrected chi connectivity index (χ1v) is 11.2. The van der Waals surface area contributed by atoms with E-state index < -0.39 is 29.2 Å². The van der Waals surface area contributed by atoms with E-state index in [2.05, 4.69) is 26.8 Å². The molecule has 2 rings (SSSR count). The van der Waals surface area contributed by atoms with E-state index in [0.717, 1.165) is 0 Å². The van der Waals surface area contributed by atoms with Crippen molar-refractivity contribution in [1.82, 2.24) is 5.32 Å². The fraction of sp³-hybridized carbons (Fsp3) is 0.500. The Kier molecular flexibility index (Phi) is 10.2. The Morgan fingerprint density at radius 3 is 2.50 bits per heavy atom. The molecule has 1 aliphatic rings. The summed E-state index contributed by atoms with van der Waals surface area (Å²) >= 11 is 10.5. The van der Waals surface area contributed by atoms with Gasteiger partial charge in [-0.1, -0.05) is 11.6 Å². The molecule has 1 N–H and O–H groups in total. The Morgan fingerprint density at radius 2 is 2.00 bits per heavy atom. The number of alkyl halides is 5. The summed E-state index contributed by atoms with van der Waals surface area (Å²) in [6, 6.07) is 5.07. The molecule has 0 radical (unpaired) electrons. The summed E-state index contributed by atoms with van der Waals surface area (Å²) in [6.07, 6.45) is 3.99. The zero-order valence-electron chi connectivity index (χ0n) is 18.8. The molecule has 0 unspecified atom stereocenters. The molecule has 34 heavy (non-hydrogen) atoms. The minimum Gasteiger partial charge on any atom is -0.420 e. The lowest BCUT2D eigenvalue weighted by Crippen LogP contribution is -2.61. The Morgan fingerprint density at radius 1 is 1.38 bits per heavy atom. The van der Waals surface area contributed by atoms with E-state index in [4.69, 9.17) is 27.9 Å². The lowest BCUT2D eigenvalue weighted by atomic mass is 9.87. The maximum atomic E-state index is 14.2. The molecule has 12 heteroatoms. The number of carbonyl (C=O) groups is 1. The van der Waals surface area contributed by atoms with Crippen molar-refractivity contribution in [3.63, 3.8) is 0 Å². The topological polar surface area (TPSA) is 75.5 Å². The van der Waals surface area contributed by atoms with Crippen LogP contribution in [0.4, 0.5) is 18.9 Å². The molecule has 1 aromatic rings. The molecular weight excluding hydrogens is 496 g/mol. The molecule has 0 bridgehead atoms. The van der Waals surface area contributed by atoms with Crippen molar-refractivity contribution in [2.75, 3.05) is 31.7 Å². The molecule has 1 aliphatic heterocycles. The number of aliphatic imine (C=N–C) groups is 2. The minimum absolute atomic E-state index is 0.155. The van der Waals surface area contributed by atoms with Crippen molar-refractivity contribution >= 4 is 47.7 Å². The van der Waals surface area contributed by atoms with Crippen LogP contribution in [-0.2, 0) is 9.53 Å². The minimum atomic E-state index is -3.90. The largest absolute Gasteiger partial charge is 0.487 e. The molecule has 1 aromatic carbocycles. The van der Waals surface area contributed by atoms with Crippen LogP contribution in [0.5, 0.6) is 5.75 Å². The van der Waals surface area contributed by atoms with Gasteiger partial charge in [-0.25, -0.2) is 4.39 Å². The number of hydrogen-bond acceptors (Lipinski definition) is 6. The van der Waals surface area contributed by atoms with Crippen LogP contribution in [-0.4, -0.2) is 68.4 Å². The third kappa shape index (κ3) is 7.61. The highest BCUT2D eigenvalue weighted by Gasteiger charge is 2.44. The summed E-state index contributed by atoms with van der Waals surface area (Å²) < 4.78 is 49.9. The number of halogens is 5. The smallest absolute Gasteiger partial charge is 0.420 e. The van der Waals surface area contributed by atoms with Crippen LogP contribution in [0.25, 0.3) is 0 Å². The highest BCUT2D eigenvalue weighted by molar-refractivity contribution is 6.21. The molecule has 1 heterocycles. The number of benzene rings is 1. The van der Waals surface area contributed by atoms with Gasteiger partial charge in [0.15, 0.2) is 5.63 Å². The summed E-state index contributed by atoms with van der Waals surface area (Å²) in [5, 5.41) is 2.99. The second-order valence-corrected chi connectivity index (χ2v) is 8.54. The number of carbonyl (C=O) groups excluding carboxylic acids is 1. The SMILES string of the molecule is C=N/C=C(\C=NC)[C@@](C)(C(=O)NC1CCOCC1)N(C[C@H](F)Cl)c1ccc(OC(F)(F)Cl)cc1. The number of amides is 1. The van der Waals surface area contributed by atoms with Crippen molar-refractivity contribution in [3.05, 3.63) is 36.0 Å². The molecule has 0 aromatic heterocycles. The van der Waals surface area contributed by atoms with Crippen molar-refractivity contribution < 1.29 is 27.4 Å². The van der Waals surface area contributed by atoms with Gasteiger partial charge in [-0.2, -0.15) is 0 Å². The summed E-state index contributed by atoms with van der Waals surface area (Å²) in [6.45, 7) is 5.60. The highest BCUT2D eigenvalue weighted by atomic mass is 35.5. The molecule has 1 fully saturated rings. The van der Waals surface area contributed by atoms with E-state index in [9.17, 15) is 18.0 Å². The number of rotatable bonds is 11. The fourth-order valence-corrected chi connectivity index (χ4v) is 3.84. The maximum absolute atomic E-state index is 14.2. The third-order valence-electron chi connectivity index (χ3n) is 5.30. The van der Waals surface area contributed by atoms with Gasteiger partial charge in [-0.3, -0.25) is 14.8 Å². The normalized spacial score (nSPS) is 18.3. The number of nitrogens with zero attached hydrogens (tertiary/aromatic N) is 3. The summed E-state index contributed by atoms with van der Waals surface area (Å²) in [5.41, 5.74) is -6.72. The van der Waals surface area contributed by atoms with Gasteiger partial charge in [-0.05, 0) is 50.7 Å². The van der Waals surface area contributed by atoms with Crippen molar-refractivity contribution in [2.45, 2.75) is 42.5 Å². The second-order valence-electron chi connectivity index (χ2n) is 7.63. The van der Waals surface area contributed by atoms with Crippen molar-refractivity contribution in [1.29, 1.82) is 0 Å². The van der Waals surface area contributed by atoms with E-state index in [1.54, 1.807) is 6.92 Å². The third-order valence-corrected chi connectivity index (χ3v) is 5.52. The average Bonchev–Trinajstić information content (AvgIpc) is 2.77. The first kappa shape index (κ1) is 27.9. The van der Waals surface area contributed by atoms with Gasteiger partial charge < -0.3 is 19.7 Å². The lowest BCUT2D eigenvalue weighted by Gasteiger charge is -2.43. The van der Waals surface area contributed by atoms with Gasteiger partial charge in [-0.15, -0.1) is 8.78 Å². The predicted molar refractivity (Wildman–Crippen MR) is 128 cm³/mol. The van der Waals surface area contributed by atoms with Crippen LogP contribution < -0.4 is 15.0 Å². The number of hydrogen-bond donors (Lipinski definition) is 1. The average molecular weight is 523 g/mol. The quantitative estimate of drug-likeness (QED) is 0.342. The van der Waals surface area contributed by atoms with Gasteiger partial charge in [0.25, 0.3) is 5.91 Å². The molecule has 0 saturated carbocycles. The summed E-state index contributed by atoms with van der Waals surface area (Å²) in [5.74, 6) is -0.683. The van der Waals surface area contributed by atoms with Crippen molar-refractivity contribution in [2.24, 2.45) is 9.98 Å². The predicted octanol–water partition coefficient (Wildman–Crippen LogP) is 4.53. The molecule has 1 saturated heterocycles. The van der Waals surface area contributed by atoms with Crippen LogP contribution in [0.1, 0.15) is 19.8 Å².